The van der Waals surface area contributed by atoms with Crippen LogP contribution in [0.1, 0.15) is 58.8 Å². The SMILES string of the molecule is CCC1CC2C1C2C1(C)CCC23CCC(C2)C31. The van der Waals surface area contributed by atoms with Crippen molar-refractivity contribution in [3.05, 3.63) is 0 Å². The van der Waals surface area contributed by atoms with Crippen LogP contribution in [0.4, 0.5) is 0 Å². The third-order valence-corrected chi connectivity index (χ3v) is 8.32. The van der Waals surface area contributed by atoms with Gasteiger partial charge in [0.1, 0.15) is 0 Å². The molecule has 6 aliphatic carbocycles. The van der Waals surface area contributed by atoms with Crippen LogP contribution in [0.3, 0.4) is 0 Å². The smallest absolute Gasteiger partial charge is 0.0255 e. The summed E-state index contributed by atoms with van der Waals surface area (Å²) >= 11 is 0. The summed E-state index contributed by atoms with van der Waals surface area (Å²) in [6.07, 6.45) is 11.1. The maximum atomic E-state index is 2.71. The van der Waals surface area contributed by atoms with Gasteiger partial charge in [-0.1, -0.05) is 20.3 Å². The van der Waals surface area contributed by atoms with Gasteiger partial charge < -0.3 is 0 Å². The van der Waals surface area contributed by atoms with Gasteiger partial charge in [0.15, 0.2) is 0 Å². The average Bonchev–Trinajstić information content (AvgIpc) is 2.65. The summed E-state index contributed by atoms with van der Waals surface area (Å²) < 4.78 is 0. The molecule has 0 aromatic carbocycles. The van der Waals surface area contributed by atoms with E-state index in [9.17, 15) is 0 Å². The number of hydrogen-bond donors (Lipinski definition) is 0. The zero-order valence-corrected chi connectivity index (χ0v) is 11.4. The van der Waals surface area contributed by atoms with Gasteiger partial charge in [-0.05, 0) is 84.9 Å². The minimum Gasteiger partial charge on any atom is -0.0651 e. The fourth-order valence-corrected chi connectivity index (χ4v) is 7.80. The van der Waals surface area contributed by atoms with E-state index in [0.29, 0.717) is 0 Å². The molecule has 6 aliphatic rings. The third-order valence-electron chi connectivity index (χ3n) is 8.32. The quantitative estimate of drug-likeness (QED) is 0.655. The van der Waals surface area contributed by atoms with Crippen LogP contribution < -0.4 is 0 Å². The number of fused-ring (bicyclic) bond motifs is 2. The van der Waals surface area contributed by atoms with Gasteiger partial charge in [-0.3, -0.25) is 0 Å². The Kier molecular flexibility index (Phi) is 1.53. The molecule has 0 aromatic heterocycles. The van der Waals surface area contributed by atoms with Crippen molar-refractivity contribution in [2.24, 2.45) is 46.3 Å². The van der Waals surface area contributed by atoms with Crippen molar-refractivity contribution < 1.29 is 0 Å². The summed E-state index contributed by atoms with van der Waals surface area (Å²) in [5.74, 6) is 7.06. The Labute approximate surface area is 106 Å². The first-order chi connectivity index (χ1) is 8.20. The Morgan fingerprint density at radius 3 is 2.76 bits per heavy atom. The van der Waals surface area contributed by atoms with Gasteiger partial charge in [0.05, 0.1) is 0 Å². The molecule has 0 heteroatoms. The summed E-state index contributed by atoms with van der Waals surface area (Å²) in [5.41, 5.74) is 1.70. The maximum absolute atomic E-state index is 2.71. The van der Waals surface area contributed by atoms with Crippen LogP contribution in [-0.2, 0) is 0 Å². The Bertz CT molecular complexity index is 381. The molecule has 0 nitrogen and oxygen atoms in total. The molecule has 0 amide bonds. The van der Waals surface area contributed by atoms with Gasteiger partial charge in [0.25, 0.3) is 0 Å². The Hall–Kier alpha value is 0. The van der Waals surface area contributed by atoms with Crippen LogP contribution in [0, 0.1) is 46.3 Å². The second kappa shape index (κ2) is 2.63. The van der Waals surface area contributed by atoms with E-state index in [0.717, 1.165) is 16.7 Å². The molecule has 17 heavy (non-hydrogen) atoms. The molecule has 0 N–H and O–H groups in total. The van der Waals surface area contributed by atoms with Gasteiger partial charge in [-0.15, -0.1) is 0 Å². The van der Waals surface area contributed by atoms with E-state index in [1.54, 1.807) is 38.5 Å². The van der Waals surface area contributed by atoms with E-state index in [1.807, 2.05) is 0 Å². The first-order valence-corrected chi connectivity index (χ1v) is 8.20. The molecule has 6 saturated carbocycles. The van der Waals surface area contributed by atoms with Crippen molar-refractivity contribution in [3.63, 3.8) is 0 Å². The van der Waals surface area contributed by atoms with Crippen molar-refractivity contribution in [1.82, 2.24) is 0 Å². The molecule has 1 spiro atoms. The maximum Gasteiger partial charge on any atom is -0.0255 e. The molecular weight excluding hydrogens is 204 g/mol. The first kappa shape index (κ1) is 9.87. The second-order valence-corrected chi connectivity index (χ2v) is 8.52. The highest BCUT2D eigenvalue weighted by Gasteiger charge is 2.76. The fourth-order valence-electron chi connectivity index (χ4n) is 7.80. The van der Waals surface area contributed by atoms with Gasteiger partial charge in [-0.2, -0.15) is 0 Å². The molecule has 0 heterocycles. The molecule has 94 valence electrons. The molecule has 0 saturated heterocycles. The molecule has 6 fully saturated rings. The largest absolute Gasteiger partial charge is 0.0651 e. The minimum absolute atomic E-state index is 0.804. The normalized spacial score (nSPS) is 70.2. The highest BCUT2D eigenvalue weighted by molar-refractivity contribution is 5.24. The van der Waals surface area contributed by atoms with Crippen molar-refractivity contribution in [3.8, 4) is 0 Å². The fraction of sp³-hybridized carbons (Fsp3) is 1.00. The lowest BCUT2D eigenvalue weighted by Gasteiger charge is -2.50. The lowest BCUT2D eigenvalue weighted by atomic mass is 9.55. The zero-order valence-electron chi connectivity index (χ0n) is 11.4. The molecular formula is C17H26. The Balaban J connectivity index is 1.45. The molecule has 6 rings (SSSR count). The number of hydrogen-bond acceptors (Lipinski definition) is 0. The average molecular weight is 230 g/mol. The Morgan fingerprint density at radius 1 is 1.18 bits per heavy atom. The summed E-state index contributed by atoms with van der Waals surface area (Å²) in [6, 6.07) is 0. The van der Waals surface area contributed by atoms with Crippen molar-refractivity contribution in [2.45, 2.75) is 58.8 Å². The minimum atomic E-state index is 0.804. The Morgan fingerprint density at radius 2 is 2.06 bits per heavy atom. The molecule has 8 atom stereocenters. The van der Waals surface area contributed by atoms with Crippen molar-refractivity contribution >= 4 is 0 Å². The predicted octanol–water partition coefficient (Wildman–Crippen LogP) is 4.49. The molecule has 8 unspecified atom stereocenters. The van der Waals surface area contributed by atoms with Crippen LogP contribution in [0.2, 0.25) is 0 Å². The molecule has 2 bridgehead atoms. The summed E-state index contributed by atoms with van der Waals surface area (Å²) in [4.78, 5) is 0. The summed E-state index contributed by atoms with van der Waals surface area (Å²) in [5, 5.41) is 0. The van der Waals surface area contributed by atoms with Crippen LogP contribution in [0.15, 0.2) is 0 Å². The molecule has 0 radical (unpaired) electrons. The highest BCUT2D eigenvalue weighted by Crippen LogP contribution is 2.83. The van der Waals surface area contributed by atoms with Crippen molar-refractivity contribution in [2.75, 3.05) is 0 Å². The van der Waals surface area contributed by atoms with E-state index < -0.39 is 0 Å². The second-order valence-electron chi connectivity index (χ2n) is 8.52. The first-order valence-electron chi connectivity index (χ1n) is 8.20. The van der Waals surface area contributed by atoms with Crippen LogP contribution in [0.25, 0.3) is 0 Å². The number of rotatable bonds is 2. The van der Waals surface area contributed by atoms with Gasteiger partial charge >= 0.3 is 0 Å². The van der Waals surface area contributed by atoms with Gasteiger partial charge in [-0.25, -0.2) is 0 Å². The van der Waals surface area contributed by atoms with Crippen molar-refractivity contribution in [1.29, 1.82) is 0 Å². The van der Waals surface area contributed by atoms with E-state index in [2.05, 4.69) is 13.8 Å². The van der Waals surface area contributed by atoms with Gasteiger partial charge in [0, 0.05) is 0 Å². The summed E-state index contributed by atoms with van der Waals surface area (Å²) in [6.45, 7) is 5.13. The summed E-state index contributed by atoms with van der Waals surface area (Å²) in [7, 11) is 0. The third kappa shape index (κ3) is 0.871. The van der Waals surface area contributed by atoms with Crippen LogP contribution >= 0.6 is 0 Å². The molecule has 0 aliphatic heterocycles. The monoisotopic (exact) mass is 230 g/mol. The highest BCUT2D eigenvalue weighted by atomic mass is 14.8. The molecule has 0 aromatic rings. The predicted molar refractivity (Wildman–Crippen MR) is 69.5 cm³/mol. The topological polar surface area (TPSA) is 0 Å². The zero-order chi connectivity index (χ0) is 11.4. The van der Waals surface area contributed by atoms with Crippen LogP contribution in [-0.4, -0.2) is 0 Å². The lowest BCUT2D eigenvalue weighted by Crippen LogP contribution is -2.44. The van der Waals surface area contributed by atoms with Crippen LogP contribution in [0.5, 0.6) is 0 Å². The van der Waals surface area contributed by atoms with Gasteiger partial charge in [0.2, 0.25) is 0 Å². The standard InChI is InChI=1S/C17H26/c1-3-10-8-12-13(10)14(12)16(2)6-7-17-5-4-11(9-17)15(16)17/h10-15H,3-9H2,1-2H3. The van der Waals surface area contributed by atoms with E-state index in [4.69, 9.17) is 0 Å². The lowest BCUT2D eigenvalue weighted by molar-refractivity contribution is -0.0192. The van der Waals surface area contributed by atoms with E-state index in [-0.39, 0.29) is 0 Å². The van der Waals surface area contributed by atoms with E-state index in [1.165, 1.54) is 36.0 Å². The van der Waals surface area contributed by atoms with E-state index >= 15 is 0 Å².